The zero-order chi connectivity index (χ0) is 14.2. The van der Waals surface area contributed by atoms with Crippen molar-refractivity contribution in [3.05, 3.63) is 24.5 Å². The van der Waals surface area contributed by atoms with Crippen LogP contribution in [0, 0.1) is 5.92 Å². The Hall–Kier alpha value is -1.44. The molecule has 0 atom stereocenters. The summed E-state index contributed by atoms with van der Waals surface area (Å²) in [6.45, 7) is 2.51. The lowest BCUT2D eigenvalue weighted by atomic mass is 10.0. The van der Waals surface area contributed by atoms with Crippen molar-refractivity contribution < 1.29 is 13.2 Å². The van der Waals surface area contributed by atoms with Crippen molar-refractivity contribution in [3.8, 4) is 0 Å². The summed E-state index contributed by atoms with van der Waals surface area (Å²) in [4.78, 5) is 4.30. The number of pyridine rings is 1. The maximum Gasteiger partial charge on any atom is 0.239 e. The van der Waals surface area contributed by atoms with E-state index in [1.165, 1.54) is 6.20 Å². The molecule has 0 aliphatic carbocycles. The van der Waals surface area contributed by atoms with Gasteiger partial charge in [-0.3, -0.25) is 0 Å². The fourth-order valence-electron chi connectivity index (χ4n) is 2.57. The van der Waals surface area contributed by atoms with Crippen LogP contribution < -0.4 is 5.14 Å². The third-order valence-electron chi connectivity index (χ3n) is 3.70. The Morgan fingerprint density at radius 1 is 1.40 bits per heavy atom. The molecule has 2 aromatic rings. The molecule has 20 heavy (non-hydrogen) atoms. The van der Waals surface area contributed by atoms with Crippen LogP contribution in [0.2, 0.25) is 0 Å². The molecule has 1 fully saturated rings. The molecule has 0 amide bonds. The third-order valence-corrected chi connectivity index (χ3v) is 4.58. The van der Waals surface area contributed by atoms with Crippen molar-refractivity contribution in [2.75, 3.05) is 13.2 Å². The van der Waals surface area contributed by atoms with Gasteiger partial charge in [-0.05, 0) is 30.9 Å². The highest BCUT2D eigenvalue weighted by Gasteiger charge is 2.16. The molecule has 0 spiro atoms. The highest BCUT2D eigenvalue weighted by molar-refractivity contribution is 7.89. The maximum absolute atomic E-state index is 11.3. The summed E-state index contributed by atoms with van der Waals surface area (Å²) in [5, 5.41) is 5.91. The van der Waals surface area contributed by atoms with Gasteiger partial charge in [-0.15, -0.1) is 0 Å². The highest BCUT2D eigenvalue weighted by Crippen LogP contribution is 2.22. The maximum atomic E-state index is 11.3. The van der Waals surface area contributed by atoms with Gasteiger partial charge in [-0.1, -0.05) is 0 Å². The normalized spacial score (nSPS) is 17.6. The van der Waals surface area contributed by atoms with Crippen LogP contribution in [0.5, 0.6) is 0 Å². The molecule has 7 heteroatoms. The lowest BCUT2D eigenvalue weighted by molar-refractivity contribution is 0.0616. The van der Waals surface area contributed by atoms with Crippen LogP contribution in [0.15, 0.2) is 29.4 Å². The van der Waals surface area contributed by atoms with Gasteiger partial charge in [-0.2, -0.15) is 0 Å². The summed E-state index contributed by atoms with van der Waals surface area (Å²) >= 11 is 0. The molecule has 3 heterocycles. The summed E-state index contributed by atoms with van der Waals surface area (Å²) in [5.41, 5.74) is 0.795. The Kier molecular flexibility index (Phi) is 3.49. The zero-order valence-electron chi connectivity index (χ0n) is 11.0. The number of sulfonamides is 1. The standard InChI is InChI=1S/C13H17N3O3S/c14-20(17,18)12-7-11-1-4-16(13(11)15-8-12)9-10-2-5-19-6-3-10/h1,4,7-8,10H,2-3,5-6,9H2,(H2,14,17,18). The molecule has 6 nitrogen and oxygen atoms in total. The lowest BCUT2D eigenvalue weighted by Crippen LogP contribution is -2.20. The Labute approximate surface area is 117 Å². The Bertz CT molecular complexity index is 718. The van der Waals surface area contributed by atoms with E-state index in [0.29, 0.717) is 5.92 Å². The van der Waals surface area contributed by atoms with Gasteiger partial charge in [-0.25, -0.2) is 18.5 Å². The van der Waals surface area contributed by atoms with Gasteiger partial charge in [0, 0.05) is 37.5 Å². The number of hydrogen-bond acceptors (Lipinski definition) is 4. The second-order valence-corrected chi connectivity index (χ2v) is 6.71. The fourth-order valence-corrected chi connectivity index (χ4v) is 3.06. The van der Waals surface area contributed by atoms with Crippen molar-refractivity contribution in [1.82, 2.24) is 9.55 Å². The first-order valence-corrected chi connectivity index (χ1v) is 8.14. The van der Waals surface area contributed by atoms with Gasteiger partial charge in [0.2, 0.25) is 10.0 Å². The summed E-state index contributed by atoms with van der Waals surface area (Å²) in [7, 11) is -3.70. The SMILES string of the molecule is NS(=O)(=O)c1cnc2c(ccn2CC2CCOCC2)c1. The van der Waals surface area contributed by atoms with Crippen molar-refractivity contribution >= 4 is 21.1 Å². The number of ether oxygens (including phenoxy) is 1. The average Bonchev–Trinajstić information content (AvgIpc) is 2.81. The summed E-state index contributed by atoms with van der Waals surface area (Å²) in [6, 6.07) is 3.44. The second-order valence-electron chi connectivity index (χ2n) is 5.15. The van der Waals surface area contributed by atoms with Gasteiger partial charge in [0.1, 0.15) is 10.5 Å². The Balaban J connectivity index is 1.89. The third kappa shape index (κ3) is 2.70. The highest BCUT2D eigenvalue weighted by atomic mass is 32.2. The molecule has 1 aliphatic heterocycles. The van der Waals surface area contributed by atoms with E-state index in [4.69, 9.17) is 9.88 Å². The van der Waals surface area contributed by atoms with E-state index in [1.807, 2.05) is 12.3 Å². The van der Waals surface area contributed by atoms with E-state index in [0.717, 1.165) is 43.6 Å². The van der Waals surface area contributed by atoms with Gasteiger partial charge in [0.25, 0.3) is 0 Å². The largest absolute Gasteiger partial charge is 0.381 e. The van der Waals surface area contributed by atoms with Crippen LogP contribution in [0.1, 0.15) is 12.8 Å². The van der Waals surface area contributed by atoms with Crippen molar-refractivity contribution in [1.29, 1.82) is 0 Å². The second kappa shape index (κ2) is 5.16. The Morgan fingerprint density at radius 3 is 2.85 bits per heavy atom. The van der Waals surface area contributed by atoms with Crippen LogP contribution in [0.4, 0.5) is 0 Å². The first-order chi connectivity index (χ1) is 9.54. The van der Waals surface area contributed by atoms with E-state index in [9.17, 15) is 8.42 Å². The van der Waals surface area contributed by atoms with Crippen LogP contribution in [0.3, 0.4) is 0 Å². The molecule has 2 N–H and O–H groups in total. The van der Waals surface area contributed by atoms with Crippen LogP contribution in [-0.4, -0.2) is 31.2 Å². The fraction of sp³-hybridized carbons (Fsp3) is 0.462. The monoisotopic (exact) mass is 295 g/mol. The molecular formula is C13H17N3O3S. The minimum atomic E-state index is -3.70. The minimum Gasteiger partial charge on any atom is -0.381 e. The molecule has 0 aromatic carbocycles. The predicted octanol–water partition coefficient (Wildman–Crippen LogP) is 1.11. The van der Waals surface area contributed by atoms with E-state index in [2.05, 4.69) is 9.55 Å². The number of nitrogens with zero attached hydrogens (tertiary/aromatic N) is 2. The number of fused-ring (bicyclic) bond motifs is 1. The smallest absolute Gasteiger partial charge is 0.239 e. The molecule has 0 bridgehead atoms. The number of nitrogens with two attached hydrogens (primary N) is 1. The number of primary sulfonamides is 1. The van der Waals surface area contributed by atoms with Crippen LogP contribution in [0.25, 0.3) is 11.0 Å². The average molecular weight is 295 g/mol. The molecule has 1 saturated heterocycles. The van der Waals surface area contributed by atoms with Crippen molar-refractivity contribution in [2.45, 2.75) is 24.3 Å². The molecule has 108 valence electrons. The first-order valence-electron chi connectivity index (χ1n) is 6.59. The van der Waals surface area contributed by atoms with Crippen LogP contribution in [-0.2, 0) is 21.3 Å². The van der Waals surface area contributed by atoms with E-state index in [1.54, 1.807) is 6.07 Å². The molecular weight excluding hydrogens is 278 g/mol. The van der Waals surface area contributed by atoms with E-state index < -0.39 is 10.0 Å². The van der Waals surface area contributed by atoms with E-state index in [-0.39, 0.29) is 4.90 Å². The minimum absolute atomic E-state index is 0.0498. The first kappa shape index (κ1) is 13.5. The van der Waals surface area contributed by atoms with Crippen molar-refractivity contribution in [3.63, 3.8) is 0 Å². The molecule has 0 radical (unpaired) electrons. The Morgan fingerprint density at radius 2 is 2.15 bits per heavy atom. The number of hydrogen-bond donors (Lipinski definition) is 1. The quantitative estimate of drug-likeness (QED) is 0.919. The summed E-state index contributed by atoms with van der Waals surface area (Å²) < 4.78 is 30.1. The van der Waals surface area contributed by atoms with E-state index >= 15 is 0 Å². The van der Waals surface area contributed by atoms with Crippen LogP contribution >= 0.6 is 0 Å². The van der Waals surface area contributed by atoms with Gasteiger partial charge >= 0.3 is 0 Å². The molecule has 3 rings (SSSR count). The molecule has 2 aromatic heterocycles. The lowest BCUT2D eigenvalue weighted by Gasteiger charge is -2.22. The molecule has 0 saturated carbocycles. The number of rotatable bonds is 3. The number of aromatic nitrogens is 2. The predicted molar refractivity (Wildman–Crippen MR) is 74.6 cm³/mol. The van der Waals surface area contributed by atoms with Gasteiger partial charge < -0.3 is 9.30 Å². The van der Waals surface area contributed by atoms with Crippen molar-refractivity contribution in [2.24, 2.45) is 11.1 Å². The summed E-state index contributed by atoms with van der Waals surface area (Å²) in [6.07, 6.45) is 5.36. The molecule has 0 unspecified atom stereocenters. The van der Waals surface area contributed by atoms with Gasteiger partial charge in [0.05, 0.1) is 0 Å². The zero-order valence-corrected chi connectivity index (χ0v) is 11.8. The molecule has 1 aliphatic rings. The summed E-state index contributed by atoms with van der Waals surface area (Å²) in [5.74, 6) is 0.582. The van der Waals surface area contributed by atoms with Gasteiger partial charge in [0.15, 0.2) is 0 Å². The topological polar surface area (TPSA) is 87.2 Å².